The minimum atomic E-state index is 0.377. The summed E-state index contributed by atoms with van der Waals surface area (Å²) in [5, 5.41) is 3.47. The monoisotopic (exact) mass is 280 g/mol. The van der Waals surface area contributed by atoms with Crippen LogP contribution in [0.2, 0.25) is 0 Å². The molecule has 1 aromatic carbocycles. The van der Waals surface area contributed by atoms with E-state index < -0.39 is 0 Å². The SMILES string of the molecule is COc1ccc(C(N)=S)c(NC(C)CCC(C)C)c1. The lowest BCUT2D eigenvalue weighted by atomic mass is 10.0. The molecular weight excluding hydrogens is 256 g/mol. The molecular formula is C15H24N2OS. The highest BCUT2D eigenvalue weighted by atomic mass is 32.1. The first-order chi connectivity index (χ1) is 8.93. The van der Waals surface area contributed by atoms with Gasteiger partial charge in [-0.05, 0) is 37.8 Å². The van der Waals surface area contributed by atoms with E-state index in [1.54, 1.807) is 7.11 Å². The van der Waals surface area contributed by atoms with Crippen molar-refractivity contribution in [3.8, 4) is 5.75 Å². The Hall–Kier alpha value is -1.29. The van der Waals surface area contributed by atoms with Gasteiger partial charge in [0.25, 0.3) is 0 Å². The summed E-state index contributed by atoms with van der Waals surface area (Å²) in [7, 11) is 1.65. The zero-order chi connectivity index (χ0) is 14.4. The second-order valence-electron chi connectivity index (χ2n) is 5.29. The van der Waals surface area contributed by atoms with Crippen molar-refractivity contribution < 1.29 is 4.74 Å². The van der Waals surface area contributed by atoms with Crippen LogP contribution in [0.1, 0.15) is 39.2 Å². The van der Waals surface area contributed by atoms with Gasteiger partial charge in [0.2, 0.25) is 0 Å². The molecule has 4 heteroatoms. The van der Waals surface area contributed by atoms with Crippen LogP contribution in [0.5, 0.6) is 5.75 Å². The third-order valence-electron chi connectivity index (χ3n) is 3.07. The first kappa shape index (κ1) is 15.8. The lowest BCUT2D eigenvalue weighted by Gasteiger charge is -2.19. The van der Waals surface area contributed by atoms with Crippen LogP contribution in [-0.2, 0) is 0 Å². The van der Waals surface area contributed by atoms with Gasteiger partial charge in [0.15, 0.2) is 0 Å². The van der Waals surface area contributed by atoms with E-state index in [9.17, 15) is 0 Å². The molecule has 0 aliphatic heterocycles. The third kappa shape index (κ3) is 5.07. The van der Waals surface area contributed by atoms with Crippen LogP contribution in [0.15, 0.2) is 18.2 Å². The van der Waals surface area contributed by atoms with E-state index in [1.807, 2.05) is 18.2 Å². The predicted molar refractivity (Wildman–Crippen MR) is 86.0 cm³/mol. The summed E-state index contributed by atoms with van der Waals surface area (Å²) in [6.07, 6.45) is 2.31. The number of thiocarbonyl (C=S) groups is 1. The number of nitrogens with two attached hydrogens (primary N) is 1. The van der Waals surface area contributed by atoms with E-state index in [1.165, 1.54) is 6.42 Å². The minimum Gasteiger partial charge on any atom is -0.497 e. The van der Waals surface area contributed by atoms with Crippen molar-refractivity contribution >= 4 is 22.9 Å². The predicted octanol–water partition coefficient (Wildman–Crippen LogP) is 3.57. The van der Waals surface area contributed by atoms with Gasteiger partial charge < -0.3 is 15.8 Å². The summed E-state index contributed by atoms with van der Waals surface area (Å²) >= 11 is 5.09. The largest absolute Gasteiger partial charge is 0.497 e. The van der Waals surface area contributed by atoms with Gasteiger partial charge in [0.05, 0.1) is 7.11 Å². The Kier molecular flexibility index (Phi) is 6.09. The lowest BCUT2D eigenvalue weighted by molar-refractivity contribution is 0.415. The highest BCUT2D eigenvalue weighted by molar-refractivity contribution is 7.80. The highest BCUT2D eigenvalue weighted by Crippen LogP contribution is 2.24. The second-order valence-corrected chi connectivity index (χ2v) is 5.73. The van der Waals surface area contributed by atoms with E-state index >= 15 is 0 Å². The van der Waals surface area contributed by atoms with Crippen molar-refractivity contribution in [1.82, 2.24) is 0 Å². The van der Waals surface area contributed by atoms with Crippen LogP contribution in [0.4, 0.5) is 5.69 Å². The van der Waals surface area contributed by atoms with Crippen molar-refractivity contribution in [2.24, 2.45) is 11.7 Å². The molecule has 0 amide bonds. The topological polar surface area (TPSA) is 47.3 Å². The minimum absolute atomic E-state index is 0.377. The van der Waals surface area contributed by atoms with Crippen molar-refractivity contribution in [3.63, 3.8) is 0 Å². The first-order valence-electron chi connectivity index (χ1n) is 6.68. The number of methoxy groups -OCH3 is 1. The Labute approximate surface area is 121 Å². The molecule has 0 saturated heterocycles. The van der Waals surface area contributed by atoms with Gasteiger partial charge in [-0.3, -0.25) is 0 Å². The van der Waals surface area contributed by atoms with Gasteiger partial charge in [-0.15, -0.1) is 0 Å². The number of rotatable bonds is 7. The Balaban J connectivity index is 2.82. The zero-order valence-corrected chi connectivity index (χ0v) is 13.0. The highest BCUT2D eigenvalue weighted by Gasteiger charge is 2.10. The first-order valence-corrected chi connectivity index (χ1v) is 7.09. The molecule has 0 radical (unpaired) electrons. The molecule has 0 heterocycles. The molecule has 106 valence electrons. The number of hydrogen-bond donors (Lipinski definition) is 2. The quantitative estimate of drug-likeness (QED) is 0.750. The van der Waals surface area contributed by atoms with Crippen LogP contribution in [0.3, 0.4) is 0 Å². The summed E-state index contributed by atoms with van der Waals surface area (Å²) in [6.45, 7) is 6.64. The van der Waals surface area contributed by atoms with E-state index in [0.29, 0.717) is 16.9 Å². The Morgan fingerprint density at radius 2 is 2.00 bits per heavy atom. The van der Waals surface area contributed by atoms with E-state index in [2.05, 4.69) is 26.1 Å². The summed E-state index contributed by atoms with van der Waals surface area (Å²) in [6, 6.07) is 6.10. The number of nitrogens with one attached hydrogen (secondary N) is 1. The lowest BCUT2D eigenvalue weighted by Crippen LogP contribution is -2.20. The maximum absolute atomic E-state index is 5.75. The molecule has 0 spiro atoms. The van der Waals surface area contributed by atoms with Crippen molar-refractivity contribution in [3.05, 3.63) is 23.8 Å². The number of benzene rings is 1. The summed E-state index contributed by atoms with van der Waals surface area (Å²) < 4.78 is 5.25. The number of ether oxygens (including phenoxy) is 1. The van der Waals surface area contributed by atoms with Gasteiger partial charge in [0.1, 0.15) is 10.7 Å². The van der Waals surface area contributed by atoms with E-state index in [4.69, 9.17) is 22.7 Å². The molecule has 3 nitrogen and oxygen atoms in total. The maximum atomic E-state index is 5.75. The molecule has 0 aliphatic carbocycles. The van der Waals surface area contributed by atoms with Crippen LogP contribution in [-0.4, -0.2) is 18.1 Å². The molecule has 1 atom stereocenters. The van der Waals surface area contributed by atoms with Crippen molar-refractivity contribution in [2.75, 3.05) is 12.4 Å². The zero-order valence-electron chi connectivity index (χ0n) is 12.2. The fourth-order valence-corrected chi connectivity index (χ4v) is 2.08. The average Bonchev–Trinajstić information content (AvgIpc) is 2.35. The average molecular weight is 280 g/mol. The van der Waals surface area contributed by atoms with Gasteiger partial charge in [-0.1, -0.05) is 26.1 Å². The van der Waals surface area contributed by atoms with Crippen LogP contribution >= 0.6 is 12.2 Å². The van der Waals surface area contributed by atoms with Gasteiger partial charge in [-0.25, -0.2) is 0 Å². The van der Waals surface area contributed by atoms with Gasteiger partial charge in [0, 0.05) is 23.4 Å². The van der Waals surface area contributed by atoms with Crippen LogP contribution in [0.25, 0.3) is 0 Å². The summed E-state index contributed by atoms with van der Waals surface area (Å²) in [4.78, 5) is 0.404. The molecule has 0 aliphatic rings. The fourth-order valence-electron chi connectivity index (χ4n) is 1.91. The van der Waals surface area contributed by atoms with Crippen molar-refractivity contribution in [2.45, 2.75) is 39.7 Å². The third-order valence-corrected chi connectivity index (χ3v) is 3.29. The molecule has 19 heavy (non-hydrogen) atoms. The molecule has 3 N–H and O–H groups in total. The normalized spacial score (nSPS) is 12.3. The standard InChI is InChI=1S/C15H24N2OS/c1-10(2)5-6-11(3)17-14-9-12(18-4)7-8-13(14)15(16)19/h7-11,17H,5-6H2,1-4H3,(H2,16,19). The molecule has 1 unspecified atom stereocenters. The van der Waals surface area contributed by atoms with Crippen LogP contribution in [0, 0.1) is 5.92 Å². The summed E-state index contributed by atoms with van der Waals surface area (Å²) in [5.41, 5.74) is 7.57. The van der Waals surface area contributed by atoms with Gasteiger partial charge in [-0.2, -0.15) is 0 Å². The number of hydrogen-bond acceptors (Lipinski definition) is 3. The van der Waals surface area contributed by atoms with Gasteiger partial charge >= 0.3 is 0 Å². The van der Waals surface area contributed by atoms with E-state index in [0.717, 1.165) is 23.4 Å². The number of anilines is 1. The second kappa shape index (κ2) is 7.34. The van der Waals surface area contributed by atoms with E-state index in [-0.39, 0.29) is 0 Å². The fraction of sp³-hybridized carbons (Fsp3) is 0.533. The Bertz CT molecular complexity index is 432. The van der Waals surface area contributed by atoms with Crippen molar-refractivity contribution in [1.29, 1.82) is 0 Å². The molecule has 0 bridgehead atoms. The maximum Gasteiger partial charge on any atom is 0.120 e. The molecule has 1 aromatic rings. The molecule has 0 fully saturated rings. The Morgan fingerprint density at radius 3 is 2.53 bits per heavy atom. The Morgan fingerprint density at radius 1 is 1.32 bits per heavy atom. The molecule has 0 saturated carbocycles. The molecule has 1 rings (SSSR count). The van der Waals surface area contributed by atoms with Crippen LogP contribution < -0.4 is 15.8 Å². The summed E-state index contributed by atoms with van der Waals surface area (Å²) in [5.74, 6) is 1.52. The molecule has 0 aromatic heterocycles. The smallest absolute Gasteiger partial charge is 0.120 e.